The first-order chi connectivity index (χ1) is 25.8. The molecule has 11 rings (SSSR count). The summed E-state index contributed by atoms with van der Waals surface area (Å²) in [4.78, 5) is 0. The van der Waals surface area contributed by atoms with Gasteiger partial charge in [-0.3, -0.25) is 0 Å². The molecule has 0 aliphatic rings. The molecule has 0 amide bonds. The van der Waals surface area contributed by atoms with E-state index in [0.29, 0.717) is 0 Å². The van der Waals surface area contributed by atoms with E-state index in [9.17, 15) is 0 Å². The molecule has 0 N–H and O–H groups in total. The standard InChI is InChI=1S/C52H32/c1-3-13-35-29-39(23-21-33(35)11-1)51-46-19-9-10-20-47(46)52(40-24-22-34-12-2-4-14-36(34)30-40)50-32-38(26-28-48(50)51)37-25-27-45-43-17-6-5-15-41(43)42-16-7-8-18-44(42)49(45)31-37/h1-32H. The predicted octanol–water partition coefficient (Wildman–Crippen LogP) is 14.8. The van der Waals surface area contributed by atoms with E-state index in [0.717, 1.165) is 0 Å². The highest BCUT2D eigenvalue weighted by atomic mass is 14.2. The van der Waals surface area contributed by atoms with Crippen molar-refractivity contribution in [2.45, 2.75) is 0 Å². The molecule has 0 saturated heterocycles. The summed E-state index contributed by atoms with van der Waals surface area (Å²) in [6.45, 7) is 0. The fourth-order valence-electron chi connectivity index (χ4n) is 8.76. The molecule has 0 atom stereocenters. The van der Waals surface area contributed by atoms with Gasteiger partial charge in [-0.25, -0.2) is 0 Å². The van der Waals surface area contributed by atoms with Gasteiger partial charge < -0.3 is 0 Å². The van der Waals surface area contributed by atoms with Crippen molar-refractivity contribution in [2.75, 3.05) is 0 Å². The average molecular weight is 657 g/mol. The van der Waals surface area contributed by atoms with Crippen LogP contribution in [0.3, 0.4) is 0 Å². The van der Waals surface area contributed by atoms with Crippen molar-refractivity contribution >= 4 is 75.4 Å². The Kier molecular flexibility index (Phi) is 6.35. The molecular formula is C52H32. The van der Waals surface area contributed by atoms with Crippen LogP contribution in [0.5, 0.6) is 0 Å². The lowest BCUT2D eigenvalue weighted by atomic mass is 9.84. The molecule has 0 spiro atoms. The summed E-state index contributed by atoms with van der Waals surface area (Å²) in [6, 6.07) is 72.0. The maximum Gasteiger partial charge on any atom is -0.00259 e. The quantitative estimate of drug-likeness (QED) is 0.131. The minimum atomic E-state index is 1.22. The van der Waals surface area contributed by atoms with Crippen LogP contribution in [-0.2, 0) is 0 Å². The number of hydrogen-bond donors (Lipinski definition) is 0. The van der Waals surface area contributed by atoms with Crippen LogP contribution in [0, 0.1) is 0 Å². The third-order valence-electron chi connectivity index (χ3n) is 11.2. The van der Waals surface area contributed by atoms with Crippen LogP contribution in [-0.4, -0.2) is 0 Å². The molecule has 0 radical (unpaired) electrons. The van der Waals surface area contributed by atoms with E-state index in [1.165, 1.54) is 109 Å². The SMILES string of the molecule is c1ccc2cc(-c3c4ccccc4c(-c4ccc5ccccc5c4)c4cc(-c5ccc6c7ccccc7c7ccccc7c6c5)ccc34)ccc2c1. The second-order valence-electron chi connectivity index (χ2n) is 14.0. The number of rotatable bonds is 3. The first kappa shape index (κ1) is 29.0. The molecule has 52 heavy (non-hydrogen) atoms. The number of fused-ring (bicyclic) bond motifs is 10. The van der Waals surface area contributed by atoms with Crippen LogP contribution < -0.4 is 0 Å². The Morgan fingerprint density at radius 2 is 0.500 bits per heavy atom. The van der Waals surface area contributed by atoms with Crippen LogP contribution >= 0.6 is 0 Å². The molecule has 0 bridgehead atoms. The van der Waals surface area contributed by atoms with Gasteiger partial charge in [0.2, 0.25) is 0 Å². The summed E-state index contributed by atoms with van der Waals surface area (Å²) in [5.41, 5.74) is 7.47. The zero-order chi connectivity index (χ0) is 34.2. The maximum absolute atomic E-state index is 2.45. The molecule has 0 aliphatic carbocycles. The Morgan fingerprint density at radius 1 is 0.173 bits per heavy atom. The lowest BCUT2D eigenvalue weighted by Crippen LogP contribution is -1.92. The summed E-state index contributed by atoms with van der Waals surface area (Å²) in [5, 5.41) is 17.8. The lowest BCUT2D eigenvalue weighted by molar-refractivity contribution is 1.66. The van der Waals surface area contributed by atoms with Gasteiger partial charge in [0.15, 0.2) is 0 Å². The van der Waals surface area contributed by atoms with Crippen molar-refractivity contribution in [3.05, 3.63) is 194 Å². The Balaban J connectivity index is 1.23. The van der Waals surface area contributed by atoms with Crippen LogP contribution in [0.25, 0.3) is 109 Å². The predicted molar refractivity (Wildman–Crippen MR) is 225 cm³/mol. The van der Waals surface area contributed by atoms with Crippen molar-refractivity contribution in [1.29, 1.82) is 0 Å². The molecule has 0 unspecified atom stereocenters. The minimum Gasteiger partial charge on any atom is -0.0616 e. The molecule has 240 valence electrons. The minimum absolute atomic E-state index is 1.22. The highest BCUT2D eigenvalue weighted by Gasteiger charge is 2.19. The second kappa shape index (κ2) is 11.4. The zero-order valence-electron chi connectivity index (χ0n) is 28.5. The largest absolute Gasteiger partial charge is 0.0616 e. The fraction of sp³-hybridized carbons (Fsp3) is 0. The van der Waals surface area contributed by atoms with Gasteiger partial charge in [-0.15, -0.1) is 0 Å². The van der Waals surface area contributed by atoms with Crippen molar-refractivity contribution < 1.29 is 0 Å². The zero-order valence-corrected chi connectivity index (χ0v) is 28.5. The molecule has 11 aromatic rings. The van der Waals surface area contributed by atoms with Gasteiger partial charge in [-0.2, -0.15) is 0 Å². The topological polar surface area (TPSA) is 0 Å². The Bertz CT molecular complexity index is 3200. The monoisotopic (exact) mass is 656 g/mol. The summed E-state index contributed by atoms with van der Waals surface area (Å²) < 4.78 is 0. The van der Waals surface area contributed by atoms with Crippen molar-refractivity contribution in [3.63, 3.8) is 0 Å². The summed E-state index contributed by atoms with van der Waals surface area (Å²) >= 11 is 0. The number of benzene rings is 11. The molecule has 0 aliphatic heterocycles. The molecule has 0 aromatic heterocycles. The van der Waals surface area contributed by atoms with E-state index in [1.54, 1.807) is 0 Å². The Labute approximate surface area is 301 Å². The van der Waals surface area contributed by atoms with Crippen LogP contribution in [0.2, 0.25) is 0 Å². The highest BCUT2D eigenvalue weighted by molar-refractivity contribution is 6.26. The van der Waals surface area contributed by atoms with Gasteiger partial charge >= 0.3 is 0 Å². The van der Waals surface area contributed by atoms with E-state index in [-0.39, 0.29) is 0 Å². The second-order valence-corrected chi connectivity index (χ2v) is 14.0. The molecule has 11 aromatic carbocycles. The van der Waals surface area contributed by atoms with Crippen molar-refractivity contribution in [3.8, 4) is 33.4 Å². The third-order valence-corrected chi connectivity index (χ3v) is 11.2. The summed E-state index contributed by atoms with van der Waals surface area (Å²) in [7, 11) is 0. The molecule has 0 nitrogen and oxygen atoms in total. The Morgan fingerprint density at radius 3 is 1.02 bits per heavy atom. The first-order valence-electron chi connectivity index (χ1n) is 18.1. The van der Waals surface area contributed by atoms with E-state index < -0.39 is 0 Å². The summed E-state index contributed by atoms with van der Waals surface area (Å²) in [6.07, 6.45) is 0. The van der Waals surface area contributed by atoms with Gasteiger partial charge in [0.05, 0.1) is 0 Å². The van der Waals surface area contributed by atoms with E-state index in [2.05, 4.69) is 194 Å². The number of hydrogen-bond acceptors (Lipinski definition) is 0. The summed E-state index contributed by atoms with van der Waals surface area (Å²) in [5.74, 6) is 0. The Hall–Kier alpha value is -6.76. The van der Waals surface area contributed by atoms with Crippen molar-refractivity contribution in [1.82, 2.24) is 0 Å². The molecular weight excluding hydrogens is 625 g/mol. The average Bonchev–Trinajstić information content (AvgIpc) is 3.22. The van der Waals surface area contributed by atoms with Crippen LogP contribution in [0.15, 0.2) is 194 Å². The van der Waals surface area contributed by atoms with E-state index in [1.807, 2.05) is 0 Å². The van der Waals surface area contributed by atoms with E-state index >= 15 is 0 Å². The van der Waals surface area contributed by atoms with Gasteiger partial charge in [-0.05, 0) is 133 Å². The van der Waals surface area contributed by atoms with Gasteiger partial charge in [0.25, 0.3) is 0 Å². The van der Waals surface area contributed by atoms with Gasteiger partial charge in [-0.1, -0.05) is 170 Å². The molecule has 0 heterocycles. The van der Waals surface area contributed by atoms with Gasteiger partial charge in [0, 0.05) is 0 Å². The normalized spacial score (nSPS) is 11.8. The highest BCUT2D eigenvalue weighted by Crippen LogP contribution is 2.46. The van der Waals surface area contributed by atoms with Crippen LogP contribution in [0.1, 0.15) is 0 Å². The maximum atomic E-state index is 2.45. The van der Waals surface area contributed by atoms with Crippen molar-refractivity contribution in [2.24, 2.45) is 0 Å². The molecule has 0 saturated carbocycles. The molecule has 0 fully saturated rings. The van der Waals surface area contributed by atoms with E-state index in [4.69, 9.17) is 0 Å². The fourth-order valence-corrected chi connectivity index (χ4v) is 8.76. The third kappa shape index (κ3) is 4.41. The lowest BCUT2D eigenvalue weighted by Gasteiger charge is -2.19. The first-order valence-corrected chi connectivity index (χ1v) is 18.1. The smallest absolute Gasteiger partial charge is 0.00259 e. The van der Waals surface area contributed by atoms with Crippen LogP contribution in [0.4, 0.5) is 0 Å². The molecule has 0 heteroatoms. The van der Waals surface area contributed by atoms with Gasteiger partial charge in [0.1, 0.15) is 0 Å².